The average molecular weight is 279 g/mol. The quantitative estimate of drug-likeness (QED) is 0.828. The third-order valence-corrected chi connectivity index (χ3v) is 2.58. The highest BCUT2D eigenvalue weighted by atomic mass is 35.5. The second kappa shape index (κ2) is 5.58. The van der Waals surface area contributed by atoms with Gasteiger partial charge in [0.25, 0.3) is 5.91 Å². The Morgan fingerprint density at radius 2 is 1.84 bits per heavy atom. The Bertz CT molecular complexity index is 622. The average Bonchev–Trinajstić information content (AvgIpc) is 2.82. The SMILES string of the molecule is Cc1ccc(C(=O)NNC(=O)c2cccc(Cl)c2)o1. The molecule has 19 heavy (non-hydrogen) atoms. The van der Waals surface area contributed by atoms with Crippen molar-refractivity contribution in [3.63, 3.8) is 0 Å². The number of benzene rings is 1. The molecule has 98 valence electrons. The van der Waals surface area contributed by atoms with Crippen LogP contribution >= 0.6 is 11.6 Å². The molecule has 1 aromatic heterocycles. The number of aryl methyl sites for hydroxylation is 1. The zero-order chi connectivity index (χ0) is 13.8. The van der Waals surface area contributed by atoms with E-state index >= 15 is 0 Å². The highest BCUT2D eigenvalue weighted by Crippen LogP contribution is 2.10. The Labute approximate surface area is 114 Å². The largest absolute Gasteiger partial charge is 0.456 e. The summed E-state index contributed by atoms with van der Waals surface area (Å²) in [6.45, 7) is 1.72. The van der Waals surface area contributed by atoms with Gasteiger partial charge in [0, 0.05) is 10.6 Å². The fourth-order valence-electron chi connectivity index (χ4n) is 1.43. The summed E-state index contributed by atoms with van der Waals surface area (Å²) in [6, 6.07) is 9.58. The van der Waals surface area contributed by atoms with Crippen LogP contribution < -0.4 is 10.9 Å². The maximum atomic E-state index is 11.7. The van der Waals surface area contributed by atoms with E-state index in [2.05, 4.69) is 10.9 Å². The summed E-state index contributed by atoms with van der Waals surface area (Å²) in [6.07, 6.45) is 0. The Morgan fingerprint density at radius 1 is 1.11 bits per heavy atom. The van der Waals surface area contributed by atoms with Crippen molar-refractivity contribution in [3.05, 3.63) is 58.5 Å². The third kappa shape index (κ3) is 3.35. The van der Waals surface area contributed by atoms with Gasteiger partial charge in [0.2, 0.25) is 0 Å². The number of hydrazine groups is 1. The van der Waals surface area contributed by atoms with Gasteiger partial charge in [0.05, 0.1) is 0 Å². The number of carbonyl (C=O) groups excluding carboxylic acids is 2. The predicted octanol–water partition coefficient (Wildman–Crippen LogP) is 2.32. The molecule has 0 aliphatic heterocycles. The number of hydrogen-bond donors (Lipinski definition) is 2. The summed E-state index contributed by atoms with van der Waals surface area (Å²) >= 11 is 5.77. The molecule has 0 atom stereocenters. The van der Waals surface area contributed by atoms with Crippen molar-refractivity contribution >= 4 is 23.4 Å². The van der Waals surface area contributed by atoms with Gasteiger partial charge < -0.3 is 4.42 Å². The first kappa shape index (κ1) is 13.2. The van der Waals surface area contributed by atoms with E-state index in [0.717, 1.165) is 0 Å². The molecule has 0 aliphatic rings. The predicted molar refractivity (Wildman–Crippen MR) is 69.8 cm³/mol. The van der Waals surface area contributed by atoms with Crippen LogP contribution in [0.1, 0.15) is 26.7 Å². The Morgan fingerprint density at radius 3 is 2.47 bits per heavy atom. The third-order valence-electron chi connectivity index (χ3n) is 2.34. The van der Waals surface area contributed by atoms with Crippen molar-refractivity contribution in [2.75, 3.05) is 0 Å². The summed E-state index contributed by atoms with van der Waals surface area (Å²) in [5.74, 6) is -0.238. The van der Waals surface area contributed by atoms with Crippen molar-refractivity contribution in [2.24, 2.45) is 0 Å². The maximum Gasteiger partial charge on any atom is 0.305 e. The molecule has 2 amide bonds. The molecule has 0 fully saturated rings. The van der Waals surface area contributed by atoms with E-state index in [9.17, 15) is 9.59 Å². The van der Waals surface area contributed by atoms with Crippen LogP contribution in [0.3, 0.4) is 0 Å². The molecule has 2 aromatic rings. The number of hydrogen-bond acceptors (Lipinski definition) is 3. The maximum absolute atomic E-state index is 11.7. The number of halogens is 1. The second-order valence-corrected chi connectivity index (χ2v) is 4.27. The van der Waals surface area contributed by atoms with Crippen molar-refractivity contribution in [3.8, 4) is 0 Å². The minimum absolute atomic E-state index is 0.129. The van der Waals surface area contributed by atoms with Crippen LogP contribution in [0.25, 0.3) is 0 Å². The van der Waals surface area contributed by atoms with Gasteiger partial charge >= 0.3 is 5.91 Å². The molecule has 0 aliphatic carbocycles. The fourth-order valence-corrected chi connectivity index (χ4v) is 1.62. The van der Waals surface area contributed by atoms with Crippen LogP contribution in [-0.4, -0.2) is 11.8 Å². The number of rotatable bonds is 2. The monoisotopic (exact) mass is 278 g/mol. The van der Waals surface area contributed by atoms with Gasteiger partial charge in [-0.15, -0.1) is 0 Å². The minimum atomic E-state index is -0.525. The number of carbonyl (C=O) groups is 2. The number of furan rings is 1. The van der Waals surface area contributed by atoms with E-state index in [1.54, 1.807) is 31.2 Å². The zero-order valence-corrected chi connectivity index (χ0v) is 10.8. The molecule has 5 nitrogen and oxygen atoms in total. The standard InChI is InChI=1S/C13H11ClN2O3/c1-8-5-6-11(19-8)13(18)16-15-12(17)9-3-2-4-10(14)7-9/h2-7H,1H3,(H,15,17)(H,16,18). The van der Waals surface area contributed by atoms with E-state index in [4.69, 9.17) is 16.0 Å². The van der Waals surface area contributed by atoms with E-state index in [-0.39, 0.29) is 5.76 Å². The summed E-state index contributed by atoms with van der Waals surface area (Å²) in [5, 5.41) is 0.445. The van der Waals surface area contributed by atoms with Crippen LogP contribution in [0.2, 0.25) is 5.02 Å². The van der Waals surface area contributed by atoms with Crippen molar-refractivity contribution in [1.82, 2.24) is 10.9 Å². The lowest BCUT2D eigenvalue weighted by Crippen LogP contribution is -2.41. The summed E-state index contributed by atoms with van der Waals surface area (Å²) in [7, 11) is 0. The molecular formula is C13H11ClN2O3. The van der Waals surface area contributed by atoms with Crippen molar-refractivity contribution in [2.45, 2.75) is 6.92 Å². The van der Waals surface area contributed by atoms with Gasteiger partial charge in [0.1, 0.15) is 5.76 Å². The number of nitrogens with one attached hydrogen (secondary N) is 2. The molecule has 6 heteroatoms. The second-order valence-electron chi connectivity index (χ2n) is 3.83. The van der Waals surface area contributed by atoms with E-state index in [1.165, 1.54) is 12.1 Å². The lowest BCUT2D eigenvalue weighted by atomic mass is 10.2. The van der Waals surface area contributed by atoms with Gasteiger partial charge in [0.15, 0.2) is 5.76 Å². The lowest BCUT2D eigenvalue weighted by molar-refractivity contribution is 0.0830. The highest BCUT2D eigenvalue weighted by Gasteiger charge is 2.11. The molecule has 2 rings (SSSR count). The number of amides is 2. The van der Waals surface area contributed by atoms with Crippen molar-refractivity contribution in [1.29, 1.82) is 0 Å². The summed E-state index contributed by atoms with van der Waals surface area (Å²) in [5.41, 5.74) is 4.88. The van der Waals surface area contributed by atoms with Crippen LogP contribution in [0.5, 0.6) is 0 Å². The topological polar surface area (TPSA) is 71.3 Å². The van der Waals surface area contributed by atoms with Gasteiger partial charge in [-0.2, -0.15) is 0 Å². The van der Waals surface area contributed by atoms with Crippen LogP contribution in [0, 0.1) is 6.92 Å². The Kier molecular flexibility index (Phi) is 3.87. The molecular weight excluding hydrogens is 268 g/mol. The van der Waals surface area contributed by atoms with Gasteiger partial charge in [-0.05, 0) is 37.3 Å². The smallest absolute Gasteiger partial charge is 0.305 e. The van der Waals surface area contributed by atoms with Crippen LogP contribution in [0.15, 0.2) is 40.8 Å². The molecule has 1 heterocycles. The highest BCUT2D eigenvalue weighted by molar-refractivity contribution is 6.30. The Balaban J connectivity index is 1.95. The van der Waals surface area contributed by atoms with E-state index in [1.807, 2.05) is 0 Å². The molecule has 0 radical (unpaired) electrons. The summed E-state index contributed by atoms with van der Waals surface area (Å²) in [4.78, 5) is 23.3. The normalized spacial score (nSPS) is 10.0. The lowest BCUT2D eigenvalue weighted by Gasteiger charge is -2.06. The molecule has 0 saturated heterocycles. The molecule has 0 bridgehead atoms. The molecule has 2 N–H and O–H groups in total. The van der Waals surface area contributed by atoms with Crippen LogP contribution in [-0.2, 0) is 0 Å². The molecule has 0 spiro atoms. The van der Waals surface area contributed by atoms with Gasteiger partial charge in [-0.25, -0.2) is 0 Å². The molecule has 0 saturated carbocycles. The fraction of sp³-hybridized carbons (Fsp3) is 0.0769. The zero-order valence-electron chi connectivity index (χ0n) is 10.1. The first-order valence-electron chi connectivity index (χ1n) is 5.49. The summed E-state index contributed by atoms with van der Waals surface area (Å²) < 4.78 is 5.12. The first-order chi connectivity index (χ1) is 9.06. The minimum Gasteiger partial charge on any atom is -0.456 e. The van der Waals surface area contributed by atoms with Gasteiger partial charge in [-0.3, -0.25) is 20.4 Å². The van der Waals surface area contributed by atoms with E-state index < -0.39 is 11.8 Å². The Hall–Kier alpha value is -2.27. The molecule has 1 aromatic carbocycles. The van der Waals surface area contributed by atoms with E-state index in [0.29, 0.717) is 16.3 Å². The molecule has 0 unspecified atom stereocenters. The van der Waals surface area contributed by atoms with Crippen LogP contribution in [0.4, 0.5) is 0 Å². The van der Waals surface area contributed by atoms with Gasteiger partial charge in [-0.1, -0.05) is 17.7 Å². The first-order valence-corrected chi connectivity index (χ1v) is 5.87. The van der Waals surface area contributed by atoms with Crippen molar-refractivity contribution < 1.29 is 14.0 Å².